The number of hydrogen-bond donors (Lipinski definition) is 2. The number of carbonyl (C=O) groups is 2. The van der Waals surface area contributed by atoms with Gasteiger partial charge in [0.25, 0.3) is 0 Å². The van der Waals surface area contributed by atoms with Gasteiger partial charge in [0.2, 0.25) is 11.8 Å². The molecule has 2 rings (SSSR count). The van der Waals surface area contributed by atoms with Crippen molar-refractivity contribution < 1.29 is 14.3 Å². The Morgan fingerprint density at radius 2 is 1.96 bits per heavy atom. The number of ether oxygens (including phenoxy) is 1. The van der Waals surface area contributed by atoms with Gasteiger partial charge in [-0.15, -0.1) is 0 Å². The molecular weight excluding hydrogens is 292 g/mol. The van der Waals surface area contributed by atoms with Crippen molar-refractivity contribution in [3.63, 3.8) is 0 Å². The zero-order valence-corrected chi connectivity index (χ0v) is 14.4. The molecule has 0 unspecified atom stereocenters. The van der Waals surface area contributed by atoms with Crippen LogP contribution in [0.3, 0.4) is 0 Å². The topological polar surface area (TPSA) is 67.4 Å². The van der Waals surface area contributed by atoms with Gasteiger partial charge in [-0.2, -0.15) is 0 Å². The van der Waals surface area contributed by atoms with Crippen LogP contribution in [0.4, 0.5) is 5.69 Å². The lowest BCUT2D eigenvalue weighted by atomic mass is 9.96. The van der Waals surface area contributed by atoms with Gasteiger partial charge in [0.05, 0.1) is 12.8 Å². The second kappa shape index (κ2) is 7.02. The summed E-state index contributed by atoms with van der Waals surface area (Å²) in [5.74, 6) is 0.527. The Kier molecular flexibility index (Phi) is 5.29. The van der Waals surface area contributed by atoms with Crippen molar-refractivity contribution in [1.29, 1.82) is 0 Å². The van der Waals surface area contributed by atoms with Crippen LogP contribution in [-0.4, -0.2) is 25.5 Å². The van der Waals surface area contributed by atoms with Crippen LogP contribution in [0.2, 0.25) is 0 Å². The second-order valence-electron chi connectivity index (χ2n) is 6.94. The van der Waals surface area contributed by atoms with Gasteiger partial charge in [-0.1, -0.05) is 26.8 Å². The van der Waals surface area contributed by atoms with Gasteiger partial charge in [0.15, 0.2) is 0 Å². The fourth-order valence-corrected chi connectivity index (χ4v) is 2.71. The summed E-state index contributed by atoms with van der Waals surface area (Å²) in [5, 5.41) is 5.75. The summed E-state index contributed by atoms with van der Waals surface area (Å²) in [6, 6.07) is 3.97. The third-order valence-electron chi connectivity index (χ3n) is 4.05. The Morgan fingerprint density at radius 3 is 2.61 bits per heavy atom. The van der Waals surface area contributed by atoms with E-state index < -0.39 is 5.41 Å². The largest absolute Gasteiger partial charge is 0.495 e. The molecule has 1 aliphatic rings. The van der Waals surface area contributed by atoms with E-state index in [-0.39, 0.29) is 18.2 Å². The second-order valence-corrected chi connectivity index (χ2v) is 6.94. The van der Waals surface area contributed by atoms with E-state index in [1.165, 1.54) is 11.1 Å². The first-order valence-corrected chi connectivity index (χ1v) is 8.10. The number of amides is 2. The molecule has 0 heterocycles. The normalized spacial score (nSPS) is 13.4. The quantitative estimate of drug-likeness (QED) is 0.877. The number of methoxy groups -OCH3 is 1. The minimum atomic E-state index is -0.444. The van der Waals surface area contributed by atoms with Gasteiger partial charge in [-0.05, 0) is 36.5 Å². The summed E-state index contributed by atoms with van der Waals surface area (Å²) in [7, 11) is 1.61. The number of anilines is 1. The highest BCUT2D eigenvalue weighted by Crippen LogP contribution is 2.36. The summed E-state index contributed by atoms with van der Waals surface area (Å²) in [6.45, 7) is 5.88. The SMILES string of the molecule is COc1ccc2c(c1NC(=O)CCNC(=O)C(C)(C)C)CCC2. The molecule has 5 nitrogen and oxygen atoms in total. The number of nitrogens with one attached hydrogen (secondary N) is 2. The maximum absolute atomic E-state index is 12.2. The summed E-state index contributed by atoms with van der Waals surface area (Å²) in [4.78, 5) is 24.0. The molecular formula is C18H26N2O3. The Bertz CT molecular complexity index is 603. The van der Waals surface area contributed by atoms with Gasteiger partial charge in [-0.3, -0.25) is 9.59 Å². The molecule has 23 heavy (non-hydrogen) atoms. The minimum Gasteiger partial charge on any atom is -0.495 e. The zero-order valence-electron chi connectivity index (χ0n) is 14.4. The van der Waals surface area contributed by atoms with Crippen LogP contribution in [0.25, 0.3) is 0 Å². The smallest absolute Gasteiger partial charge is 0.226 e. The molecule has 1 aromatic rings. The first-order chi connectivity index (χ1) is 10.8. The maximum atomic E-state index is 12.2. The van der Waals surface area contributed by atoms with Gasteiger partial charge in [0, 0.05) is 18.4 Å². The molecule has 0 fully saturated rings. The molecule has 0 radical (unpaired) electrons. The van der Waals surface area contributed by atoms with Crippen molar-refractivity contribution in [2.45, 2.75) is 46.5 Å². The molecule has 2 N–H and O–H groups in total. The van der Waals surface area contributed by atoms with Crippen LogP contribution in [-0.2, 0) is 22.4 Å². The third kappa shape index (κ3) is 4.24. The number of hydrogen-bond acceptors (Lipinski definition) is 3. The van der Waals surface area contributed by atoms with E-state index >= 15 is 0 Å². The molecule has 0 bridgehead atoms. The van der Waals surface area contributed by atoms with Crippen molar-refractivity contribution in [1.82, 2.24) is 5.32 Å². The van der Waals surface area contributed by atoms with Gasteiger partial charge in [0.1, 0.15) is 5.75 Å². The number of fused-ring (bicyclic) bond motifs is 1. The molecule has 1 aromatic carbocycles. The molecule has 0 saturated carbocycles. The number of carbonyl (C=O) groups excluding carboxylic acids is 2. The molecule has 0 aliphatic heterocycles. The molecule has 5 heteroatoms. The number of rotatable bonds is 5. The van der Waals surface area contributed by atoms with E-state index in [2.05, 4.69) is 16.7 Å². The first kappa shape index (κ1) is 17.3. The lowest BCUT2D eigenvalue weighted by Crippen LogP contribution is -2.36. The zero-order chi connectivity index (χ0) is 17.0. The van der Waals surface area contributed by atoms with Crippen molar-refractivity contribution in [3.05, 3.63) is 23.3 Å². The summed E-state index contributed by atoms with van der Waals surface area (Å²) in [6.07, 6.45) is 3.36. The standard InChI is InChI=1S/C18H26N2O3/c1-18(2,3)17(22)19-11-10-15(21)20-16-13-7-5-6-12(13)8-9-14(16)23-4/h8-9H,5-7,10-11H2,1-4H3,(H,19,22)(H,20,21). The molecule has 0 aromatic heterocycles. The Morgan fingerprint density at radius 1 is 1.22 bits per heavy atom. The predicted octanol–water partition coefficient (Wildman–Crippen LogP) is 2.67. The molecule has 0 saturated heterocycles. The van der Waals surface area contributed by atoms with Gasteiger partial charge < -0.3 is 15.4 Å². The fourth-order valence-electron chi connectivity index (χ4n) is 2.71. The third-order valence-corrected chi connectivity index (χ3v) is 4.05. The van der Waals surface area contributed by atoms with Crippen molar-refractivity contribution in [3.8, 4) is 5.75 Å². The molecule has 0 spiro atoms. The minimum absolute atomic E-state index is 0.0523. The highest BCUT2D eigenvalue weighted by atomic mass is 16.5. The summed E-state index contributed by atoms with van der Waals surface area (Å²) in [5.41, 5.74) is 2.80. The first-order valence-electron chi connectivity index (χ1n) is 8.10. The monoisotopic (exact) mass is 318 g/mol. The molecule has 126 valence electrons. The maximum Gasteiger partial charge on any atom is 0.226 e. The van der Waals surface area contributed by atoms with Gasteiger partial charge in [-0.25, -0.2) is 0 Å². The molecule has 2 amide bonds. The van der Waals surface area contributed by atoms with Crippen molar-refractivity contribution in [2.24, 2.45) is 5.41 Å². The van der Waals surface area contributed by atoms with Crippen LogP contribution in [0, 0.1) is 5.41 Å². The van der Waals surface area contributed by atoms with E-state index in [0.717, 1.165) is 24.9 Å². The van der Waals surface area contributed by atoms with Crippen LogP contribution in [0.15, 0.2) is 12.1 Å². The van der Waals surface area contributed by atoms with E-state index in [0.29, 0.717) is 12.3 Å². The highest BCUT2D eigenvalue weighted by Gasteiger charge is 2.22. The Balaban J connectivity index is 1.96. The van der Waals surface area contributed by atoms with E-state index in [1.807, 2.05) is 26.8 Å². The summed E-state index contributed by atoms with van der Waals surface area (Å²) < 4.78 is 5.37. The highest BCUT2D eigenvalue weighted by molar-refractivity contribution is 5.94. The van der Waals surface area contributed by atoms with Crippen molar-refractivity contribution in [2.75, 3.05) is 19.0 Å². The lowest BCUT2D eigenvalue weighted by Gasteiger charge is -2.18. The Hall–Kier alpha value is -2.04. The average molecular weight is 318 g/mol. The van der Waals surface area contributed by atoms with Crippen LogP contribution >= 0.6 is 0 Å². The van der Waals surface area contributed by atoms with Crippen LogP contribution < -0.4 is 15.4 Å². The predicted molar refractivity (Wildman–Crippen MR) is 90.7 cm³/mol. The van der Waals surface area contributed by atoms with E-state index in [1.54, 1.807) is 7.11 Å². The van der Waals surface area contributed by atoms with Crippen molar-refractivity contribution >= 4 is 17.5 Å². The number of aryl methyl sites for hydroxylation is 1. The van der Waals surface area contributed by atoms with E-state index in [9.17, 15) is 9.59 Å². The molecule has 0 atom stereocenters. The Labute approximate surface area is 137 Å². The van der Waals surface area contributed by atoms with Gasteiger partial charge >= 0.3 is 0 Å². The lowest BCUT2D eigenvalue weighted by molar-refractivity contribution is -0.128. The van der Waals surface area contributed by atoms with Crippen LogP contribution in [0.1, 0.15) is 44.7 Å². The average Bonchev–Trinajstić information content (AvgIpc) is 2.95. The van der Waals surface area contributed by atoms with E-state index in [4.69, 9.17) is 4.74 Å². The number of benzene rings is 1. The summed E-state index contributed by atoms with van der Waals surface area (Å²) >= 11 is 0. The fraction of sp³-hybridized carbons (Fsp3) is 0.556. The molecule has 1 aliphatic carbocycles. The van der Waals surface area contributed by atoms with Crippen LogP contribution in [0.5, 0.6) is 5.75 Å².